The van der Waals surface area contributed by atoms with Crippen LogP contribution in [0.15, 0.2) is 35.3 Å². The molecule has 2 fully saturated rings. The van der Waals surface area contributed by atoms with Gasteiger partial charge in [-0.15, -0.1) is 0 Å². The Morgan fingerprint density at radius 2 is 2.06 bits per heavy atom. The summed E-state index contributed by atoms with van der Waals surface area (Å²) in [5, 5.41) is 0. The van der Waals surface area contributed by atoms with Crippen molar-refractivity contribution in [1.29, 1.82) is 0 Å². The largest absolute Gasteiger partial charge is 0.455 e. The summed E-state index contributed by atoms with van der Waals surface area (Å²) in [6.07, 6.45) is 3.92. The Bertz CT molecular complexity index is 415. The molecule has 0 amide bonds. The quantitative estimate of drug-likeness (QED) is 0.740. The van der Waals surface area contributed by atoms with Gasteiger partial charge < -0.3 is 9.64 Å². The molecule has 90 valence electrons. The number of benzene rings is 1. The fraction of sp³-hybridized carbons (Fsp3) is 0.500. The van der Waals surface area contributed by atoms with Gasteiger partial charge in [-0.1, -0.05) is 30.3 Å². The molecule has 0 saturated carbocycles. The highest BCUT2D eigenvalue weighted by Crippen LogP contribution is 2.37. The molecule has 2 heterocycles. The lowest BCUT2D eigenvalue weighted by molar-refractivity contribution is 0.168. The van der Waals surface area contributed by atoms with Gasteiger partial charge in [-0.05, 0) is 24.8 Å². The third-order valence-electron chi connectivity index (χ3n) is 3.70. The first-order valence-corrected chi connectivity index (χ1v) is 6.35. The normalized spacial score (nSPS) is 30.2. The summed E-state index contributed by atoms with van der Waals surface area (Å²) in [5.74, 6) is 0. The van der Waals surface area contributed by atoms with E-state index in [1.165, 1.54) is 24.8 Å². The van der Waals surface area contributed by atoms with E-state index in [1.54, 1.807) is 0 Å². The Morgan fingerprint density at radius 1 is 1.24 bits per heavy atom. The first-order chi connectivity index (χ1) is 8.40. The summed E-state index contributed by atoms with van der Waals surface area (Å²) in [5.41, 5.74) is 1.27. The van der Waals surface area contributed by atoms with Crippen molar-refractivity contribution in [2.45, 2.75) is 31.4 Å². The molecule has 1 aromatic rings. The van der Waals surface area contributed by atoms with Gasteiger partial charge in [0.05, 0.1) is 6.04 Å². The minimum Gasteiger partial charge on any atom is -0.455 e. The lowest BCUT2D eigenvalue weighted by Gasteiger charge is -2.30. The summed E-state index contributed by atoms with van der Waals surface area (Å²) >= 11 is 0. The number of aliphatic imine (C=N–C) groups is 1. The monoisotopic (exact) mass is 230 g/mol. The molecule has 0 aliphatic carbocycles. The van der Waals surface area contributed by atoms with Crippen molar-refractivity contribution < 1.29 is 4.74 Å². The molecule has 0 N–H and O–H groups in total. The van der Waals surface area contributed by atoms with Crippen molar-refractivity contribution >= 4 is 6.02 Å². The van der Waals surface area contributed by atoms with Gasteiger partial charge in [0.1, 0.15) is 6.10 Å². The molecule has 0 aromatic heterocycles. The van der Waals surface area contributed by atoms with E-state index in [0.29, 0.717) is 6.04 Å². The van der Waals surface area contributed by atoms with E-state index in [9.17, 15) is 0 Å². The van der Waals surface area contributed by atoms with Gasteiger partial charge in [-0.25, -0.2) is 4.99 Å². The average Bonchev–Trinajstić information content (AvgIpc) is 2.78. The molecule has 2 atom stereocenters. The van der Waals surface area contributed by atoms with Crippen LogP contribution in [-0.2, 0) is 4.74 Å². The second kappa shape index (κ2) is 4.40. The molecular weight excluding hydrogens is 212 g/mol. The van der Waals surface area contributed by atoms with Gasteiger partial charge in [0.15, 0.2) is 0 Å². The molecule has 3 heteroatoms. The highest BCUT2D eigenvalue weighted by Gasteiger charge is 2.41. The van der Waals surface area contributed by atoms with Crippen LogP contribution in [-0.4, -0.2) is 30.6 Å². The first kappa shape index (κ1) is 10.6. The smallest absolute Gasteiger partial charge is 0.288 e. The molecule has 17 heavy (non-hydrogen) atoms. The zero-order valence-electron chi connectivity index (χ0n) is 10.2. The van der Waals surface area contributed by atoms with Crippen molar-refractivity contribution in [2.24, 2.45) is 4.99 Å². The molecule has 0 unspecified atom stereocenters. The van der Waals surface area contributed by atoms with Crippen molar-refractivity contribution in [3.05, 3.63) is 35.9 Å². The third-order valence-corrected chi connectivity index (χ3v) is 3.70. The molecule has 1 aromatic carbocycles. The van der Waals surface area contributed by atoms with Crippen LogP contribution in [0.5, 0.6) is 0 Å². The zero-order valence-corrected chi connectivity index (χ0v) is 10.2. The number of rotatable bonds is 1. The highest BCUT2D eigenvalue weighted by atomic mass is 16.5. The molecule has 0 spiro atoms. The number of nitrogens with zero attached hydrogens (tertiary/aromatic N) is 2. The van der Waals surface area contributed by atoms with Crippen LogP contribution < -0.4 is 0 Å². The van der Waals surface area contributed by atoms with Crippen LogP contribution >= 0.6 is 0 Å². The lowest BCUT2D eigenvalue weighted by Crippen LogP contribution is -2.38. The van der Waals surface area contributed by atoms with E-state index in [1.807, 2.05) is 13.1 Å². The van der Waals surface area contributed by atoms with Crippen molar-refractivity contribution in [3.63, 3.8) is 0 Å². The topological polar surface area (TPSA) is 24.8 Å². The fourth-order valence-electron chi connectivity index (χ4n) is 2.88. The number of hydrogen-bond acceptors (Lipinski definition) is 2. The van der Waals surface area contributed by atoms with Gasteiger partial charge in [0.2, 0.25) is 0 Å². The van der Waals surface area contributed by atoms with E-state index in [-0.39, 0.29) is 6.10 Å². The molecular formula is C14H18N2O. The van der Waals surface area contributed by atoms with Crippen LogP contribution in [0.3, 0.4) is 0 Å². The number of amidine groups is 1. The molecule has 3 rings (SSSR count). The summed E-state index contributed by atoms with van der Waals surface area (Å²) in [6, 6.07) is 11.8. The molecule has 3 nitrogen and oxygen atoms in total. The Kier molecular flexibility index (Phi) is 2.75. The van der Waals surface area contributed by atoms with Crippen molar-refractivity contribution in [1.82, 2.24) is 4.90 Å². The predicted molar refractivity (Wildman–Crippen MR) is 68.0 cm³/mol. The van der Waals surface area contributed by atoms with E-state index < -0.39 is 0 Å². The van der Waals surface area contributed by atoms with Gasteiger partial charge in [-0.3, -0.25) is 0 Å². The van der Waals surface area contributed by atoms with Crippen LogP contribution in [0.4, 0.5) is 0 Å². The standard InChI is InChI=1S/C14H18N2O/c1-15-14-16-10-6-5-9-12(16)13(17-14)11-7-3-2-4-8-11/h2-4,7-8,12-13H,5-6,9-10H2,1H3/t12-,13-/m1/s1. The fourth-order valence-corrected chi connectivity index (χ4v) is 2.88. The Labute approximate surface area is 102 Å². The lowest BCUT2D eigenvalue weighted by atomic mass is 9.94. The summed E-state index contributed by atoms with van der Waals surface area (Å²) in [4.78, 5) is 6.60. The maximum Gasteiger partial charge on any atom is 0.288 e. The van der Waals surface area contributed by atoms with Crippen molar-refractivity contribution in [2.75, 3.05) is 13.6 Å². The summed E-state index contributed by atoms with van der Waals surface area (Å²) in [6.45, 7) is 1.08. The Balaban J connectivity index is 1.91. The SMILES string of the molecule is CN=C1O[C@H](c2ccccc2)[C@H]2CCCCN12. The number of fused-ring (bicyclic) bond motifs is 1. The van der Waals surface area contributed by atoms with E-state index in [2.05, 4.69) is 34.2 Å². The minimum absolute atomic E-state index is 0.162. The van der Waals surface area contributed by atoms with E-state index >= 15 is 0 Å². The summed E-state index contributed by atoms with van der Waals surface area (Å²) < 4.78 is 6.02. The van der Waals surface area contributed by atoms with Crippen molar-refractivity contribution in [3.8, 4) is 0 Å². The number of ether oxygens (including phenoxy) is 1. The molecule has 2 aliphatic heterocycles. The summed E-state index contributed by atoms with van der Waals surface area (Å²) in [7, 11) is 1.81. The molecule has 2 aliphatic rings. The van der Waals surface area contributed by atoms with Crippen LogP contribution in [0.1, 0.15) is 30.9 Å². The second-order valence-corrected chi connectivity index (χ2v) is 4.71. The molecule has 2 saturated heterocycles. The van der Waals surface area contributed by atoms with Crippen LogP contribution in [0.25, 0.3) is 0 Å². The van der Waals surface area contributed by atoms with Gasteiger partial charge in [0, 0.05) is 13.6 Å². The Hall–Kier alpha value is -1.51. The minimum atomic E-state index is 0.162. The van der Waals surface area contributed by atoms with Gasteiger partial charge in [-0.2, -0.15) is 0 Å². The maximum absolute atomic E-state index is 6.02. The van der Waals surface area contributed by atoms with Crippen LogP contribution in [0, 0.1) is 0 Å². The van der Waals surface area contributed by atoms with E-state index in [0.717, 1.165) is 12.6 Å². The second-order valence-electron chi connectivity index (χ2n) is 4.71. The highest BCUT2D eigenvalue weighted by molar-refractivity contribution is 5.76. The zero-order chi connectivity index (χ0) is 11.7. The average molecular weight is 230 g/mol. The van der Waals surface area contributed by atoms with Crippen LogP contribution in [0.2, 0.25) is 0 Å². The third kappa shape index (κ3) is 1.79. The first-order valence-electron chi connectivity index (χ1n) is 6.35. The van der Waals surface area contributed by atoms with Gasteiger partial charge in [0.25, 0.3) is 6.02 Å². The maximum atomic E-state index is 6.02. The predicted octanol–water partition coefficient (Wildman–Crippen LogP) is 2.60. The molecule has 0 bridgehead atoms. The van der Waals surface area contributed by atoms with E-state index in [4.69, 9.17) is 4.74 Å². The van der Waals surface area contributed by atoms with Gasteiger partial charge >= 0.3 is 0 Å². The number of piperidine rings is 1. The molecule has 0 radical (unpaired) electrons. The Morgan fingerprint density at radius 3 is 2.82 bits per heavy atom. The number of hydrogen-bond donors (Lipinski definition) is 0.